The first kappa shape index (κ1) is 18.2. The van der Waals surface area contributed by atoms with E-state index < -0.39 is 11.8 Å². The number of anilines is 1. The van der Waals surface area contributed by atoms with E-state index >= 15 is 0 Å². The number of amides is 2. The van der Waals surface area contributed by atoms with E-state index in [-0.39, 0.29) is 43.3 Å². The van der Waals surface area contributed by atoms with Crippen LogP contribution >= 0.6 is 0 Å². The van der Waals surface area contributed by atoms with Crippen LogP contribution in [0.1, 0.15) is 43.0 Å². The number of para-hydroxylation sites is 1. The number of carbonyl (C=O) groups is 2. The van der Waals surface area contributed by atoms with Crippen molar-refractivity contribution in [1.29, 1.82) is 0 Å². The Bertz CT molecular complexity index is 829. The van der Waals surface area contributed by atoms with Crippen molar-refractivity contribution in [1.82, 2.24) is 10.3 Å². The zero-order valence-corrected chi connectivity index (χ0v) is 14.5. The van der Waals surface area contributed by atoms with Crippen LogP contribution in [0.3, 0.4) is 0 Å². The summed E-state index contributed by atoms with van der Waals surface area (Å²) in [6.45, 7) is 2.30. The van der Waals surface area contributed by atoms with Gasteiger partial charge in [0.05, 0.1) is 11.1 Å². The highest BCUT2D eigenvalue weighted by molar-refractivity contribution is 6.07. The number of alkyl halides is 2. The van der Waals surface area contributed by atoms with E-state index in [1.165, 1.54) is 6.07 Å². The zero-order chi connectivity index (χ0) is 18.7. The predicted molar refractivity (Wildman–Crippen MR) is 95.3 cm³/mol. The van der Waals surface area contributed by atoms with Crippen molar-refractivity contribution in [2.24, 2.45) is 5.92 Å². The normalized spacial score (nSPS) is 17.0. The van der Waals surface area contributed by atoms with Gasteiger partial charge in [0.1, 0.15) is 5.82 Å². The van der Waals surface area contributed by atoms with E-state index in [1.807, 2.05) is 13.0 Å². The molecule has 26 heavy (non-hydrogen) atoms. The molecule has 1 aliphatic carbocycles. The fourth-order valence-electron chi connectivity index (χ4n) is 3.21. The van der Waals surface area contributed by atoms with Crippen molar-refractivity contribution in [3.8, 4) is 0 Å². The molecule has 1 aromatic heterocycles. The Hall–Kier alpha value is -2.57. The van der Waals surface area contributed by atoms with E-state index in [2.05, 4.69) is 15.6 Å². The number of hydrogen-bond acceptors (Lipinski definition) is 3. The smallest absolute Gasteiger partial charge is 0.252 e. The molecule has 138 valence electrons. The number of rotatable bonds is 4. The SMILES string of the molecule is CCNC(=O)c1cc(NC(=O)C2CCC(F)(F)CC2)nc2ccccc12. The Kier molecular flexibility index (Phi) is 5.15. The molecule has 0 bridgehead atoms. The molecule has 0 radical (unpaired) electrons. The monoisotopic (exact) mass is 361 g/mol. The Morgan fingerprint density at radius 3 is 2.62 bits per heavy atom. The van der Waals surface area contributed by atoms with Crippen LogP contribution in [0.15, 0.2) is 30.3 Å². The number of pyridine rings is 1. The highest BCUT2D eigenvalue weighted by Gasteiger charge is 2.37. The van der Waals surface area contributed by atoms with Crippen molar-refractivity contribution in [3.05, 3.63) is 35.9 Å². The van der Waals surface area contributed by atoms with Crippen LogP contribution < -0.4 is 10.6 Å². The molecule has 0 spiro atoms. The third kappa shape index (κ3) is 3.98. The number of hydrogen-bond donors (Lipinski definition) is 2. The van der Waals surface area contributed by atoms with E-state index in [0.717, 1.165) is 0 Å². The number of halogens is 2. The maximum atomic E-state index is 13.3. The fourth-order valence-corrected chi connectivity index (χ4v) is 3.21. The molecule has 0 unspecified atom stereocenters. The minimum atomic E-state index is -2.68. The van der Waals surface area contributed by atoms with Gasteiger partial charge >= 0.3 is 0 Å². The standard InChI is InChI=1S/C19H21F2N3O2/c1-2-22-18(26)14-11-16(23-15-6-4-3-5-13(14)15)24-17(25)12-7-9-19(20,21)10-8-12/h3-6,11-12H,2,7-10H2,1H3,(H,22,26)(H,23,24,25). The molecular weight excluding hydrogens is 340 g/mol. The Morgan fingerprint density at radius 2 is 1.92 bits per heavy atom. The first-order valence-electron chi connectivity index (χ1n) is 8.76. The van der Waals surface area contributed by atoms with Gasteiger partial charge in [-0.1, -0.05) is 18.2 Å². The summed E-state index contributed by atoms with van der Waals surface area (Å²) in [6.07, 6.45) is -0.258. The van der Waals surface area contributed by atoms with E-state index in [1.54, 1.807) is 18.2 Å². The molecule has 1 aromatic carbocycles. The lowest BCUT2D eigenvalue weighted by molar-refractivity contribution is -0.124. The molecule has 0 aliphatic heterocycles. The quantitative estimate of drug-likeness (QED) is 0.871. The van der Waals surface area contributed by atoms with E-state index in [0.29, 0.717) is 23.0 Å². The molecule has 5 nitrogen and oxygen atoms in total. The fraction of sp³-hybridized carbons (Fsp3) is 0.421. The third-order valence-corrected chi connectivity index (χ3v) is 4.64. The van der Waals surface area contributed by atoms with Crippen LogP contribution in [0, 0.1) is 5.92 Å². The lowest BCUT2D eigenvalue weighted by atomic mass is 9.86. The largest absolute Gasteiger partial charge is 0.352 e. The molecule has 2 N–H and O–H groups in total. The molecule has 1 aliphatic rings. The van der Waals surface area contributed by atoms with Crippen LogP contribution in [-0.2, 0) is 4.79 Å². The maximum absolute atomic E-state index is 13.3. The molecule has 2 aromatic rings. The molecule has 1 heterocycles. The Balaban J connectivity index is 1.84. The lowest BCUT2D eigenvalue weighted by Crippen LogP contribution is -2.32. The van der Waals surface area contributed by atoms with Gasteiger partial charge in [-0.3, -0.25) is 9.59 Å². The molecule has 1 saturated carbocycles. The predicted octanol–water partition coefficient (Wildman–Crippen LogP) is 3.75. The second-order valence-electron chi connectivity index (χ2n) is 6.55. The van der Waals surface area contributed by atoms with Gasteiger partial charge in [-0.2, -0.15) is 0 Å². The average Bonchev–Trinajstić information content (AvgIpc) is 2.61. The first-order chi connectivity index (χ1) is 12.4. The summed E-state index contributed by atoms with van der Waals surface area (Å²) >= 11 is 0. The van der Waals surface area contributed by atoms with Crippen LogP contribution in [0.2, 0.25) is 0 Å². The Morgan fingerprint density at radius 1 is 1.23 bits per heavy atom. The summed E-state index contributed by atoms with van der Waals surface area (Å²) in [7, 11) is 0. The average molecular weight is 361 g/mol. The van der Waals surface area contributed by atoms with Crippen molar-refractivity contribution in [3.63, 3.8) is 0 Å². The first-order valence-corrected chi connectivity index (χ1v) is 8.76. The molecule has 3 rings (SSSR count). The summed E-state index contributed by atoms with van der Waals surface area (Å²) in [5.41, 5.74) is 1.00. The third-order valence-electron chi connectivity index (χ3n) is 4.64. The lowest BCUT2D eigenvalue weighted by Gasteiger charge is -2.27. The van der Waals surface area contributed by atoms with Gasteiger partial charge in [-0.05, 0) is 31.9 Å². The molecule has 1 fully saturated rings. The number of carbonyl (C=O) groups excluding carboxylic acids is 2. The minimum absolute atomic E-state index is 0.148. The highest BCUT2D eigenvalue weighted by atomic mass is 19.3. The molecule has 7 heteroatoms. The van der Waals surface area contributed by atoms with E-state index in [9.17, 15) is 18.4 Å². The van der Waals surface area contributed by atoms with Crippen LogP contribution in [0.25, 0.3) is 10.9 Å². The van der Waals surface area contributed by atoms with Crippen LogP contribution in [0.5, 0.6) is 0 Å². The molecule has 0 saturated heterocycles. The molecule has 2 amide bonds. The van der Waals surface area contributed by atoms with Gasteiger partial charge in [0.2, 0.25) is 11.8 Å². The summed E-state index contributed by atoms with van der Waals surface area (Å²) < 4.78 is 26.5. The van der Waals surface area contributed by atoms with Crippen molar-refractivity contribution < 1.29 is 18.4 Å². The number of fused-ring (bicyclic) bond motifs is 1. The number of aromatic nitrogens is 1. The number of nitrogens with zero attached hydrogens (tertiary/aromatic N) is 1. The van der Waals surface area contributed by atoms with Gasteiger partial charge in [-0.15, -0.1) is 0 Å². The molecule has 0 atom stereocenters. The Labute approximate surface area is 150 Å². The number of nitrogens with one attached hydrogen (secondary N) is 2. The summed E-state index contributed by atoms with van der Waals surface area (Å²) in [6, 6.07) is 8.69. The van der Waals surface area contributed by atoms with E-state index in [4.69, 9.17) is 0 Å². The van der Waals surface area contributed by atoms with Gasteiger partial charge in [0.15, 0.2) is 0 Å². The number of benzene rings is 1. The van der Waals surface area contributed by atoms with Crippen molar-refractivity contribution in [2.75, 3.05) is 11.9 Å². The zero-order valence-electron chi connectivity index (χ0n) is 14.5. The van der Waals surface area contributed by atoms with Crippen molar-refractivity contribution in [2.45, 2.75) is 38.5 Å². The summed E-state index contributed by atoms with van der Waals surface area (Å²) in [4.78, 5) is 29.1. The van der Waals surface area contributed by atoms with Gasteiger partial charge in [0.25, 0.3) is 5.91 Å². The van der Waals surface area contributed by atoms with Gasteiger partial charge < -0.3 is 10.6 Å². The van der Waals surface area contributed by atoms with Gasteiger partial charge in [0, 0.05) is 30.7 Å². The highest BCUT2D eigenvalue weighted by Crippen LogP contribution is 2.36. The maximum Gasteiger partial charge on any atom is 0.252 e. The van der Waals surface area contributed by atoms with Crippen molar-refractivity contribution >= 4 is 28.5 Å². The molecular formula is C19H21F2N3O2. The van der Waals surface area contributed by atoms with Crippen LogP contribution in [-0.4, -0.2) is 29.3 Å². The second kappa shape index (κ2) is 7.35. The second-order valence-corrected chi connectivity index (χ2v) is 6.55. The van der Waals surface area contributed by atoms with Crippen LogP contribution in [0.4, 0.5) is 14.6 Å². The summed E-state index contributed by atoms with van der Waals surface area (Å²) in [5, 5.41) is 6.13. The van der Waals surface area contributed by atoms with Gasteiger partial charge in [-0.25, -0.2) is 13.8 Å². The minimum Gasteiger partial charge on any atom is -0.352 e. The summed E-state index contributed by atoms with van der Waals surface area (Å²) in [5.74, 6) is -3.46. The topological polar surface area (TPSA) is 71.1 Å².